The summed E-state index contributed by atoms with van der Waals surface area (Å²) in [6.45, 7) is 14.6. The highest BCUT2D eigenvalue weighted by Crippen LogP contribution is 2.39. The van der Waals surface area contributed by atoms with Crippen molar-refractivity contribution in [3.05, 3.63) is 65.2 Å². The third-order valence-electron chi connectivity index (χ3n) is 5.89. The molecular weight excluding hydrogens is 340 g/mol. The van der Waals surface area contributed by atoms with E-state index in [4.69, 9.17) is 4.99 Å². The molecule has 0 fully saturated rings. The highest BCUT2D eigenvalue weighted by atomic mass is 15.2. The molecule has 0 aliphatic carbocycles. The van der Waals surface area contributed by atoms with Crippen LogP contribution < -0.4 is 4.90 Å². The van der Waals surface area contributed by atoms with Gasteiger partial charge in [0.05, 0.1) is 11.2 Å². The van der Waals surface area contributed by atoms with Crippen LogP contribution >= 0.6 is 0 Å². The Balaban J connectivity index is 1.85. The van der Waals surface area contributed by atoms with Gasteiger partial charge in [0.2, 0.25) is 0 Å². The Bertz CT molecular complexity index is 872. The van der Waals surface area contributed by atoms with Crippen LogP contribution in [0, 0.1) is 0 Å². The van der Waals surface area contributed by atoms with E-state index in [-0.39, 0.29) is 5.54 Å². The number of anilines is 1. The van der Waals surface area contributed by atoms with Crippen molar-refractivity contribution in [1.29, 1.82) is 0 Å². The van der Waals surface area contributed by atoms with E-state index in [2.05, 4.69) is 95.0 Å². The lowest BCUT2D eigenvalue weighted by atomic mass is 9.88. The standard InChI is InChI=1S/C26H34N2/c1-7-15-28-25-14-9-21(16-24(25)20(4)17-26(28,5)6)18-27-23-12-10-22(11-13-23)19(3)8-2/h9-14,16-19H,7-8,15H2,1-6H3. The lowest BCUT2D eigenvalue weighted by molar-refractivity contribution is 0.550. The number of fused-ring (bicyclic) bond motifs is 1. The molecular formula is C26H34N2. The Kier molecular flexibility index (Phi) is 6.07. The van der Waals surface area contributed by atoms with E-state index >= 15 is 0 Å². The van der Waals surface area contributed by atoms with Gasteiger partial charge in [0.15, 0.2) is 0 Å². The summed E-state index contributed by atoms with van der Waals surface area (Å²) in [7, 11) is 0. The maximum Gasteiger partial charge on any atom is 0.0630 e. The number of allylic oxidation sites excluding steroid dienone is 1. The summed E-state index contributed by atoms with van der Waals surface area (Å²) in [6.07, 6.45) is 6.68. The number of benzene rings is 2. The van der Waals surface area contributed by atoms with Gasteiger partial charge in [0.25, 0.3) is 0 Å². The van der Waals surface area contributed by atoms with Crippen LogP contribution in [-0.2, 0) is 0 Å². The fourth-order valence-corrected chi connectivity index (χ4v) is 4.09. The lowest BCUT2D eigenvalue weighted by Gasteiger charge is -2.43. The van der Waals surface area contributed by atoms with Gasteiger partial charge < -0.3 is 4.90 Å². The zero-order valence-corrected chi connectivity index (χ0v) is 18.3. The predicted octanol–water partition coefficient (Wildman–Crippen LogP) is 7.36. The van der Waals surface area contributed by atoms with Crippen molar-refractivity contribution in [3.63, 3.8) is 0 Å². The molecule has 3 rings (SSSR count). The zero-order valence-electron chi connectivity index (χ0n) is 18.3. The Hall–Kier alpha value is -2.35. The summed E-state index contributed by atoms with van der Waals surface area (Å²) < 4.78 is 0. The first kappa shape index (κ1) is 20.4. The summed E-state index contributed by atoms with van der Waals surface area (Å²) in [5, 5.41) is 0. The van der Waals surface area contributed by atoms with E-state index in [0.29, 0.717) is 5.92 Å². The van der Waals surface area contributed by atoms with E-state index < -0.39 is 0 Å². The van der Waals surface area contributed by atoms with E-state index in [0.717, 1.165) is 30.6 Å². The molecule has 2 aromatic carbocycles. The molecule has 0 saturated heterocycles. The van der Waals surface area contributed by atoms with Gasteiger partial charge in [0.1, 0.15) is 0 Å². The minimum absolute atomic E-state index is 0.0556. The second-order valence-corrected chi connectivity index (χ2v) is 8.57. The fourth-order valence-electron chi connectivity index (χ4n) is 4.09. The van der Waals surface area contributed by atoms with Crippen molar-refractivity contribution in [2.24, 2.45) is 4.99 Å². The van der Waals surface area contributed by atoms with Crippen molar-refractivity contribution in [2.45, 2.75) is 65.8 Å². The van der Waals surface area contributed by atoms with Crippen LogP contribution in [0.2, 0.25) is 0 Å². The van der Waals surface area contributed by atoms with Crippen molar-refractivity contribution >= 4 is 23.2 Å². The van der Waals surface area contributed by atoms with Crippen LogP contribution in [0.25, 0.3) is 5.57 Å². The summed E-state index contributed by atoms with van der Waals surface area (Å²) in [5.74, 6) is 0.601. The summed E-state index contributed by atoms with van der Waals surface area (Å²) in [5.41, 5.74) is 7.60. The maximum absolute atomic E-state index is 4.70. The van der Waals surface area contributed by atoms with E-state index in [9.17, 15) is 0 Å². The van der Waals surface area contributed by atoms with Crippen LogP contribution in [-0.4, -0.2) is 18.3 Å². The van der Waals surface area contributed by atoms with Gasteiger partial charge in [-0.05, 0) is 80.5 Å². The molecule has 2 heteroatoms. The van der Waals surface area contributed by atoms with Crippen molar-refractivity contribution in [3.8, 4) is 0 Å². The number of hydrogen-bond acceptors (Lipinski definition) is 2. The fraction of sp³-hybridized carbons (Fsp3) is 0.423. The first-order chi connectivity index (χ1) is 13.4. The first-order valence-electron chi connectivity index (χ1n) is 10.6. The topological polar surface area (TPSA) is 15.6 Å². The SMILES string of the molecule is CCCN1c2ccc(C=Nc3ccc(C(C)CC)cc3)cc2C(C)=CC1(C)C. The minimum Gasteiger partial charge on any atom is -0.362 e. The van der Waals surface area contributed by atoms with Gasteiger partial charge in [-0.3, -0.25) is 4.99 Å². The number of rotatable bonds is 6. The molecule has 1 atom stereocenters. The largest absolute Gasteiger partial charge is 0.362 e. The highest BCUT2D eigenvalue weighted by molar-refractivity contribution is 5.88. The molecule has 1 aliphatic heterocycles. The molecule has 2 nitrogen and oxygen atoms in total. The summed E-state index contributed by atoms with van der Waals surface area (Å²) in [4.78, 5) is 7.22. The third-order valence-corrected chi connectivity index (χ3v) is 5.89. The molecule has 1 heterocycles. The smallest absolute Gasteiger partial charge is 0.0630 e. The average Bonchev–Trinajstić information content (AvgIpc) is 2.69. The van der Waals surface area contributed by atoms with Crippen LogP contribution in [0.3, 0.4) is 0 Å². The second kappa shape index (κ2) is 8.34. The van der Waals surface area contributed by atoms with Crippen molar-refractivity contribution in [2.75, 3.05) is 11.4 Å². The first-order valence-corrected chi connectivity index (χ1v) is 10.6. The maximum atomic E-state index is 4.70. The average molecular weight is 375 g/mol. The Morgan fingerprint density at radius 3 is 2.43 bits per heavy atom. The van der Waals surface area contributed by atoms with Crippen molar-refractivity contribution in [1.82, 2.24) is 0 Å². The molecule has 0 N–H and O–H groups in total. The van der Waals surface area contributed by atoms with Crippen molar-refractivity contribution < 1.29 is 0 Å². The number of aliphatic imine (C=N–C) groups is 1. The molecule has 2 aromatic rings. The van der Waals surface area contributed by atoms with Gasteiger partial charge in [-0.15, -0.1) is 0 Å². The molecule has 0 radical (unpaired) electrons. The molecule has 0 spiro atoms. The molecule has 0 saturated carbocycles. The molecule has 1 unspecified atom stereocenters. The number of hydrogen-bond donors (Lipinski definition) is 0. The Morgan fingerprint density at radius 1 is 1.07 bits per heavy atom. The monoisotopic (exact) mass is 374 g/mol. The molecule has 0 amide bonds. The van der Waals surface area contributed by atoms with Crippen LogP contribution in [0.15, 0.2) is 53.5 Å². The number of nitrogens with zero attached hydrogens (tertiary/aromatic N) is 2. The van der Waals surface area contributed by atoms with E-state index in [1.54, 1.807) is 0 Å². The quantitative estimate of drug-likeness (QED) is 0.482. The highest BCUT2D eigenvalue weighted by Gasteiger charge is 2.30. The van der Waals surface area contributed by atoms with Gasteiger partial charge in [-0.1, -0.05) is 45.0 Å². The van der Waals surface area contributed by atoms with Crippen LogP contribution in [0.5, 0.6) is 0 Å². The zero-order chi connectivity index (χ0) is 20.3. The lowest BCUT2D eigenvalue weighted by Crippen LogP contribution is -2.45. The van der Waals surface area contributed by atoms with Gasteiger partial charge in [0, 0.05) is 24.0 Å². The molecule has 1 aliphatic rings. The van der Waals surface area contributed by atoms with E-state index in [1.807, 2.05) is 6.21 Å². The van der Waals surface area contributed by atoms with Gasteiger partial charge in [-0.25, -0.2) is 0 Å². The van der Waals surface area contributed by atoms with Crippen LogP contribution in [0.1, 0.15) is 77.0 Å². The molecule has 0 bridgehead atoms. The Morgan fingerprint density at radius 2 is 1.79 bits per heavy atom. The van der Waals surface area contributed by atoms with Gasteiger partial charge in [-0.2, -0.15) is 0 Å². The Labute approximate surface area is 171 Å². The molecule has 0 aromatic heterocycles. The van der Waals surface area contributed by atoms with E-state index in [1.165, 1.54) is 22.4 Å². The minimum atomic E-state index is 0.0556. The molecule has 148 valence electrons. The normalized spacial score (nSPS) is 16.8. The summed E-state index contributed by atoms with van der Waals surface area (Å²) in [6, 6.07) is 15.4. The summed E-state index contributed by atoms with van der Waals surface area (Å²) >= 11 is 0. The second-order valence-electron chi connectivity index (χ2n) is 8.57. The van der Waals surface area contributed by atoms with Crippen LogP contribution in [0.4, 0.5) is 11.4 Å². The third kappa shape index (κ3) is 4.22. The predicted molar refractivity (Wildman–Crippen MR) is 124 cm³/mol. The van der Waals surface area contributed by atoms with Gasteiger partial charge >= 0.3 is 0 Å². The molecule has 28 heavy (non-hydrogen) atoms.